The normalized spacial score (nSPS) is 13.2. The van der Waals surface area contributed by atoms with Crippen molar-refractivity contribution < 1.29 is 17.9 Å². The molecule has 1 unspecified atom stereocenters. The van der Waals surface area contributed by atoms with E-state index in [1.54, 1.807) is 36.4 Å². The molecule has 0 saturated heterocycles. The van der Waals surface area contributed by atoms with E-state index in [1.165, 1.54) is 6.26 Å². The molecule has 0 amide bonds. The molecule has 6 heteroatoms. The van der Waals surface area contributed by atoms with E-state index >= 15 is 0 Å². The topological polar surface area (TPSA) is 79.5 Å². The molecular formula is C15H19NO4S. The molecule has 5 nitrogen and oxygen atoms in total. The lowest BCUT2D eigenvalue weighted by Gasteiger charge is -2.10. The second kappa shape index (κ2) is 6.89. The summed E-state index contributed by atoms with van der Waals surface area (Å²) in [7, 11) is -3.63. The molecule has 0 radical (unpaired) electrons. The van der Waals surface area contributed by atoms with Crippen LogP contribution in [0.25, 0.3) is 0 Å². The highest BCUT2D eigenvalue weighted by atomic mass is 32.2. The van der Waals surface area contributed by atoms with Crippen LogP contribution in [0, 0.1) is 0 Å². The van der Waals surface area contributed by atoms with Gasteiger partial charge in [-0.1, -0.05) is 25.5 Å². The number of aliphatic hydroxyl groups is 1. The van der Waals surface area contributed by atoms with Crippen LogP contribution < -0.4 is 4.72 Å². The molecule has 0 saturated carbocycles. The molecule has 2 aromatic rings. The van der Waals surface area contributed by atoms with Gasteiger partial charge in [0.1, 0.15) is 11.9 Å². The van der Waals surface area contributed by atoms with Crippen molar-refractivity contribution in [2.24, 2.45) is 0 Å². The minimum Gasteiger partial charge on any atom is -0.467 e. The number of furan rings is 1. The van der Waals surface area contributed by atoms with Gasteiger partial charge in [-0.05, 0) is 36.2 Å². The van der Waals surface area contributed by atoms with E-state index in [2.05, 4.69) is 11.6 Å². The van der Waals surface area contributed by atoms with Gasteiger partial charge in [0, 0.05) is 6.54 Å². The fourth-order valence-corrected chi connectivity index (χ4v) is 3.02. The quantitative estimate of drug-likeness (QED) is 0.822. The Hall–Kier alpha value is -1.63. The van der Waals surface area contributed by atoms with Gasteiger partial charge in [0.2, 0.25) is 10.0 Å². The van der Waals surface area contributed by atoms with Gasteiger partial charge in [0.15, 0.2) is 0 Å². The van der Waals surface area contributed by atoms with Crippen LogP contribution in [0.5, 0.6) is 0 Å². The summed E-state index contributed by atoms with van der Waals surface area (Å²) in [5.74, 6) is 0.330. The Labute approximate surface area is 124 Å². The van der Waals surface area contributed by atoms with Gasteiger partial charge in [-0.15, -0.1) is 0 Å². The Kier molecular flexibility index (Phi) is 5.17. The Morgan fingerprint density at radius 1 is 1.24 bits per heavy atom. The van der Waals surface area contributed by atoms with E-state index in [0.29, 0.717) is 5.76 Å². The lowest BCUT2D eigenvalue weighted by Crippen LogP contribution is -2.28. The number of hydrogen-bond donors (Lipinski definition) is 2. The fourth-order valence-electron chi connectivity index (χ4n) is 1.98. The zero-order valence-corrected chi connectivity index (χ0v) is 12.6. The highest BCUT2D eigenvalue weighted by molar-refractivity contribution is 7.89. The first-order valence-electron chi connectivity index (χ1n) is 6.83. The van der Waals surface area contributed by atoms with Crippen LogP contribution >= 0.6 is 0 Å². The molecule has 0 aliphatic carbocycles. The average molecular weight is 309 g/mol. The van der Waals surface area contributed by atoms with Crippen molar-refractivity contribution in [2.75, 3.05) is 6.54 Å². The summed E-state index contributed by atoms with van der Waals surface area (Å²) < 4.78 is 31.6. The van der Waals surface area contributed by atoms with Gasteiger partial charge in [-0.2, -0.15) is 0 Å². The molecule has 2 rings (SSSR count). The molecular weight excluding hydrogens is 290 g/mol. The van der Waals surface area contributed by atoms with E-state index in [1.807, 2.05) is 0 Å². The zero-order chi connectivity index (χ0) is 15.3. The van der Waals surface area contributed by atoms with Gasteiger partial charge >= 0.3 is 0 Å². The highest BCUT2D eigenvalue weighted by Gasteiger charge is 2.17. The summed E-state index contributed by atoms with van der Waals surface area (Å²) in [4.78, 5) is 0.189. The van der Waals surface area contributed by atoms with Gasteiger partial charge in [-0.3, -0.25) is 0 Å². The second-order valence-electron chi connectivity index (χ2n) is 4.78. The fraction of sp³-hybridized carbons (Fsp3) is 0.333. The first kappa shape index (κ1) is 15.8. The number of aliphatic hydroxyl groups excluding tert-OH is 1. The standard InChI is InChI=1S/C15H19NO4S/c1-2-4-12-6-8-13(9-7-12)21(18,19)16-11-14(17)15-5-3-10-20-15/h3,5-10,14,16-17H,2,4,11H2,1H3. The number of sulfonamides is 1. The summed E-state index contributed by atoms with van der Waals surface area (Å²) >= 11 is 0. The number of hydrogen-bond acceptors (Lipinski definition) is 4. The van der Waals surface area contributed by atoms with Crippen molar-refractivity contribution >= 4 is 10.0 Å². The maximum absolute atomic E-state index is 12.1. The minimum atomic E-state index is -3.63. The molecule has 1 aromatic carbocycles. The number of nitrogens with one attached hydrogen (secondary N) is 1. The van der Waals surface area contributed by atoms with E-state index in [9.17, 15) is 13.5 Å². The minimum absolute atomic E-state index is 0.132. The first-order valence-corrected chi connectivity index (χ1v) is 8.31. The van der Waals surface area contributed by atoms with Crippen LogP contribution in [0.1, 0.15) is 30.8 Å². The molecule has 1 aromatic heterocycles. The van der Waals surface area contributed by atoms with E-state index in [4.69, 9.17) is 4.42 Å². The van der Waals surface area contributed by atoms with Crippen molar-refractivity contribution in [1.82, 2.24) is 4.72 Å². The van der Waals surface area contributed by atoms with Crippen molar-refractivity contribution in [2.45, 2.75) is 30.8 Å². The van der Waals surface area contributed by atoms with Gasteiger partial charge in [0.05, 0.1) is 11.2 Å². The van der Waals surface area contributed by atoms with Gasteiger partial charge in [-0.25, -0.2) is 13.1 Å². The Morgan fingerprint density at radius 2 is 1.95 bits per heavy atom. The largest absolute Gasteiger partial charge is 0.467 e. The van der Waals surface area contributed by atoms with E-state index in [-0.39, 0.29) is 11.4 Å². The maximum atomic E-state index is 12.1. The van der Waals surface area contributed by atoms with Gasteiger partial charge in [0.25, 0.3) is 0 Å². The van der Waals surface area contributed by atoms with Crippen molar-refractivity contribution in [3.63, 3.8) is 0 Å². The summed E-state index contributed by atoms with van der Waals surface area (Å²) in [6.07, 6.45) is 2.36. The number of aryl methyl sites for hydroxylation is 1. The third kappa shape index (κ3) is 4.17. The van der Waals surface area contributed by atoms with Crippen molar-refractivity contribution in [3.05, 3.63) is 54.0 Å². The highest BCUT2D eigenvalue weighted by Crippen LogP contribution is 2.15. The zero-order valence-electron chi connectivity index (χ0n) is 11.8. The molecule has 0 spiro atoms. The Morgan fingerprint density at radius 3 is 2.52 bits per heavy atom. The molecule has 1 heterocycles. The average Bonchev–Trinajstić information content (AvgIpc) is 3.00. The smallest absolute Gasteiger partial charge is 0.240 e. The third-order valence-electron chi connectivity index (χ3n) is 3.11. The predicted octanol–water partition coefficient (Wildman–Crippen LogP) is 2.24. The van der Waals surface area contributed by atoms with Gasteiger partial charge < -0.3 is 9.52 Å². The van der Waals surface area contributed by atoms with Crippen molar-refractivity contribution in [1.29, 1.82) is 0 Å². The van der Waals surface area contributed by atoms with Crippen LogP contribution in [0.3, 0.4) is 0 Å². The van der Waals surface area contributed by atoms with E-state index in [0.717, 1.165) is 18.4 Å². The molecule has 21 heavy (non-hydrogen) atoms. The maximum Gasteiger partial charge on any atom is 0.240 e. The summed E-state index contributed by atoms with van der Waals surface area (Å²) in [5.41, 5.74) is 1.10. The molecule has 0 fully saturated rings. The Balaban J connectivity index is 2.01. The Bertz CT molecular complexity index is 647. The number of rotatable bonds is 7. The molecule has 0 bridgehead atoms. The van der Waals surface area contributed by atoms with Crippen LogP contribution in [0.15, 0.2) is 52.0 Å². The predicted molar refractivity (Wildman–Crippen MR) is 79.3 cm³/mol. The van der Waals surface area contributed by atoms with Crippen LogP contribution in [0.2, 0.25) is 0 Å². The monoisotopic (exact) mass is 309 g/mol. The van der Waals surface area contributed by atoms with Crippen LogP contribution in [0.4, 0.5) is 0 Å². The lowest BCUT2D eigenvalue weighted by atomic mass is 10.1. The molecule has 1 atom stereocenters. The van der Waals surface area contributed by atoms with Crippen LogP contribution in [-0.4, -0.2) is 20.1 Å². The SMILES string of the molecule is CCCc1ccc(S(=O)(=O)NCC(O)c2ccco2)cc1. The summed E-state index contributed by atoms with van der Waals surface area (Å²) in [6.45, 7) is 1.94. The summed E-state index contributed by atoms with van der Waals surface area (Å²) in [6, 6.07) is 10.00. The summed E-state index contributed by atoms with van der Waals surface area (Å²) in [5, 5.41) is 9.81. The second-order valence-corrected chi connectivity index (χ2v) is 6.54. The lowest BCUT2D eigenvalue weighted by molar-refractivity contribution is 0.154. The molecule has 0 aliphatic heterocycles. The molecule has 114 valence electrons. The molecule has 0 aliphatic rings. The molecule has 2 N–H and O–H groups in total. The van der Waals surface area contributed by atoms with E-state index < -0.39 is 16.1 Å². The number of benzene rings is 1. The first-order chi connectivity index (χ1) is 10.0. The third-order valence-corrected chi connectivity index (χ3v) is 4.55. The van der Waals surface area contributed by atoms with Crippen molar-refractivity contribution in [3.8, 4) is 0 Å². The van der Waals surface area contributed by atoms with Crippen LogP contribution in [-0.2, 0) is 16.4 Å².